The van der Waals surface area contributed by atoms with E-state index in [1.165, 1.54) is 17.0 Å². The van der Waals surface area contributed by atoms with Crippen molar-refractivity contribution in [2.75, 3.05) is 10.8 Å². The van der Waals surface area contributed by atoms with Crippen molar-refractivity contribution in [1.29, 1.82) is 0 Å². The minimum absolute atomic E-state index is 0.0169. The van der Waals surface area contributed by atoms with Crippen LogP contribution in [0, 0.1) is 13.8 Å². The average Bonchev–Trinajstić information content (AvgIpc) is 2.89. The van der Waals surface area contributed by atoms with Gasteiger partial charge in [-0.3, -0.25) is 13.9 Å². The lowest BCUT2D eigenvalue weighted by molar-refractivity contribution is -0.141. The van der Waals surface area contributed by atoms with Gasteiger partial charge >= 0.3 is 0 Å². The van der Waals surface area contributed by atoms with E-state index in [0.29, 0.717) is 33.3 Å². The van der Waals surface area contributed by atoms with Crippen molar-refractivity contribution < 1.29 is 18.0 Å². The van der Waals surface area contributed by atoms with Crippen LogP contribution in [0.5, 0.6) is 0 Å². The fraction of sp³-hybridized carbons (Fsp3) is 0.355. The van der Waals surface area contributed by atoms with Gasteiger partial charge < -0.3 is 10.2 Å². The summed E-state index contributed by atoms with van der Waals surface area (Å²) in [7, 11) is -4.15. The van der Waals surface area contributed by atoms with Crippen LogP contribution in [-0.2, 0) is 26.2 Å². The van der Waals surface area contributed by atoms with E-state index in [1.54, 1.807) is 56.3 Å². The number of hydrogen-bond acceptors (Lipinski definition) is 4. The molecule has 0 aliphatic carbocycles. The first kappa shape index (κ1) is 32.4. The van der Waals surface area contributed by atoms with E-state index in [1.807, 2.05) is 39.8 Å². The lowest BCUT2D eigenvalue weighted by Crippen LogP contribution is -2.55. The molecular weight excluding hydrogens is 581 g/mol. The number of benzene rings is 3. The molecule has 2 amide bonds. The molecule has 1 N–H and O–H groups in total. The predicted octanol–water partition coefficient (Wildman–Crippen LogP) is 6.53. The van der Waals surface area contributed by atoms with Crippen molar-refractivity contribution >= 4 is 50.7 Å². The van der Waals surface area contributed by atoms with E-state index in [9.17, 15) is 18.0 Å². The molecule has 0 fully saturated rings. The van der Waals surface area contributed by atoms with Gasteiger partial charge in [0.05, 0.1) is 10.6 Å². The molecule has 3 aromatic rings. The maximum absolute atomic E-state index is 14.2. The van der Waals surface area contributed by atoms with Crippen molar-refractivity contribution in [3.63, 3.8) is 0 Å². The van der Waals surface area contributed by atoms with Gasteiger partial charge in [-0.05, 0) is 88.1 Å². The van der Waals surface area contributed by atoms with Crippen LogP contribution in [0.3, 0.4) is 0 Å². The van der Waals surface area contributed by atoms with E-state index in [-0.39, 0.29) is 17.3 Å². The summed E-state index contributed by atoms with van der Waals surface area (Å²) in [4.78, 5) is 29.1. The number of nitrogens with zero attached hydrogens (tertiary/aromatic N) is 2. The molecule has 0 saturated carbocycles. The van der Waals surface area contributed by atoms with Gasteiger partial charge in [0.25, 0.3) is 10.0 Å². The van der Waals surface area contributed by atoms with Crippen LogP contribution in [0.1, 0.15) is 50.8 Å². The molecule has 0 spiro atoms. The smallest absolute Gasteiger partial charge is 0.264 e. The Bertz CT molecular complexity index is 1510. The third-order valence-corrected chi connectivity index (χ3v) is 8.84. The number of aryl methyl sites for hydroxylation is 2. The Labute approximate surface area is 253 Å². The summed E-state index contributed by atoms with van der Waals surface area (Å²) in [6.07, 6.45) is 0.299. The Morgan fingerprint density at radius 3 is 2.20 bits per heavy atom. The van der Waals surface area contributed by atoms with E-state index < -0.39 is 34.1 Å². The lowest BCUT2D eigenvalue weighted by Gasteiger charge is -2.35. The third-order valence-electron chi connectivity index (χ3n) is 6.48. The Balaban J connectivity index is 2.13. The molecule has 220 valence electrons. The molecule has 0 heterocycles. The van der Waals surface area contributed by atoms with Crippen molar-refractivity contribution in [2.24, 2.45) is 0 Å². The molecule has 3 aromatic carbocycles. The fourth-order valence-electron chi connectivity index (χ4n) is 4.43. The summed E-state index contributed by atoms with van der Waals surface area (Å²) in [6, 6.07) is 17.5. The number of amides is 2. The largest absolute Gasteiger partial charge is 0.350 e. The van der Waals surface area contributed by atoms with Crippen LogP contribution in [-0.4, -0.2) is 43.3 Å². The standard InChI is InChI=1S/C31H37Cl2N3O4S/c1-7-27(30(38)34-31(4,5)6)35(19-23-15-16-24(32)18-26(23)33)29(37)20-36(28-17-21(2)13-14-22(28)3)41(39,40)25-11-9-8-10-12-25/h8-18,27H,7,19-20H2,1-6H3,(H,34,38)/t27-/m0/s1. The maximum Gasteiger partial charge on any atom is 0.264 e. The van der Waals surface area contributed by atoms with Gasteiger partial charge in [-0.1, -0.05) is 66.5 Å². The lowest BCUT2D eigenvalue weighted by atomic mass is 10.1. The SMILES string of the molecule is CC[C@@H](C(=O)NC(C)(C)C)N(Cc1ccc(Cl)cc1Cl)C(=O)CN(c1cc(C)ccc1C)S(=O)(=O)c1ccccc1. The Kier molecular flexibility index (Phi) is 10.5. The fourth-order valence-corrected chi connectivity index (χ4v) is 6.39. The average molecular weight is 619 g/mol. The number of nitrogens with one attached hydrogen (secondary N) is 1. The molecule has 0 aliphatic rings. The van der Waals surface area contributed by atoms with Crippen molar-refractivity contribution in [2.45, 2.75) is 71.0 Å². The second kappa shape index (κ2) is 13.3. The van der Waals surface area contributed by atoms with Gasteiger partial charge in [0.2, 0.25) is 11.8 Å². The number of carbonyl (C=O) groups is 2. The van der Waals surface area contributed by atoms with Crippen LogP contribution in [0.2, 0.25) is 10.0 Å². The second-order valence-electron chi connectivity index (χ2n) is 11.0. The van der Waals surface area contributed by atoms with Gasteiger partial charge in [0, 0.05) is 22.1 Å². The Morgan fingerprint density at radius 1 is 0.951 bits per heavy atom. The van der Waals surface area contributed by atoms with Crippen molar-refractivity contribution in [1.82, 2.24) is 10.2 Å². The van der Waals surface area contributed by atoms with E-state index >= 15 is 0 Å². The highest BCUT2D eigenvalue weighted by atomic mass is 35.5. The summed E-state index contributed by atoms with van der Waals surface area (Å²) in [5.74, 6) is -0.894. The molecule has 7 nitrogen and oxygen atoms in total. The van der Waals surface area contributed by atoms with E-state index in [4.69, 9.17) is 23.2 Å². The minimum atomic E-state index is -4.15. The molecule has 0 saturated heterocycles. The van der Waals surface area contributed by atoms with Crippen LogP contribution < -0.4 is 9.62 Å². The highest BCUT2D eigenvalue weighted by Gasteiger charge is 2.35. The topological polar surface area (TPSA) is 86.8 Å². The number of carbonyl (C=O) groups excluding carboxylic acids is 2. The van der Waals surface area contributed by atoms with Gasteiger partial charge in [-0.2, -0.15) is 0 Å². The number of halogens is 2. The first-order valence-electron chi connectivity index (χ1n) is 13.3. The van der Waals surface area contributed by atoms with Crippen molar-refractivity contribution in [3.8, 4) is 0 Å². The number of rotatable bonds is 10. The first-order valence-corrected chi connectivity index (χ1v) is 15.5. The number of sulfonamides is 1. The van der Waals surface area contributed by atoms with Crippen molar-refractivity contribution in [3.05, 3.63) is 93.5 Å². The van der Waals surface area contributed by atoms with Crippen LogP contribution in [0.15, 0.2) is 71.6 Å². The summed E-state index contributed by atoms with van der Waals surface area (Å²) in [5, 5.41) is 3.73. The summed E-state index contributed by atoms with van der Waals surface area (Å²) >= 11 is 12.6. The highest BCUT2D eigenvalue weighted by molar-refractivity contribution is 7.92. The molecule has 10 heteroatoms. The van der Waals surface area contributed by atoms with Crippen LogP contribution in [0.4, 0.5) is 5.69 Å². The third kappa shape index (κ3) is 8.24. The number of hydrogen-bond donors (Lipinski definition) is 1. The summed E-state index contributed by atoms with van der Waals surface area (Å²) in [5.41, 5.74) is 1.95. The normalized spacial score (nSPS) is 12.5. The molecular formula is C31H37Cl2N3O4S. The summed E-state index contributed by atoms with van der Waals surface area (Å²) in [6.45, 7) is 10.5. The monoisotopic (exact) mass is 617 g/mol. The van der Waals surface area contributed by atoms with Gasteiger partial charge in [-0.15, -0.1) is 0 Å². The maximum atomic E-state index is 14.2. The van der Waals surface area contributed by atoms with Crippen LogP contribution >= 0.6 is 23.2 Å². The summed E-state index contributed by atoms with van der Waals surface area (Å²) < 4.78 is 29.1. The zero-order valence-electron chi connectivity index (χ0n) is 24.2. The van der Waals surface area contributed by atoms with Crippen LogP contribution in [0.25, 0.3) is 0 Å². The highest BCUT2D eigenvalue weighted by Crippen LogP contribution is 2.29. The zero-order chi connectivity index (χ0) is 30.5. The van der Waals surface area contributed by atoms with Gasteiger partial charge in [-0.25, -0.2) is 8.42 Å². The van der Waals surface area contributed by atoms with Gasteiger partial charge in [0.15, 0.2) is 0 Å². The second-order valence-corrected chi connectivity index (χ2v) is 13.7. The zero-order valence-corrected chi connectivity index (χ0v) is 26.6. The quantitative estimate of drug-likeness (QED) is 0.280. The minimum Gasteiger partial charge on any atom is -0.350 e. The van der Waals surface area contributed by atoms with E-state index in [2.05, 4.69) is 5.32 Å². The molecule has 0 aliphatic heterocycles. The Hall–Kier alpha value is -3.07. The molecule has 3 rings (SSSR count). The molecule has 0 radical (unpaired) electrons. The molecule has 1 atom stereocenters. The molecule has 41 heavy (non-hydrogen) atoms. The van der Waals surface area contributed by atoms with E-state index in [0.717, 1.165) is 9.87 Å². The predicted molar refractivity (Wildman–Crippen MR) is 166 cm³/mol. The first-order chi connectivity index (χ1) is 19.1. The molecule has 0 bridgehead atoms. The molecule has 0 unspecified atom stereocenters. The Morgan fingerprint density at radius 2 is 1.61 bits per heavy atom. The number of anilines is 1. The molecule has 0 aromatic heterocycles. The van der Waals surface area contributed by atoms with Gasteiger partial charge in [0.1, 0.15) is 12.6 Å².